The van der Waals surface area contributed by atoms with Crippen LogP contribution in [0.25, 0.3) is 11.6 Å². The smallest absolute Gasteiger partial charge is 0.455 e. The summed E-state index contributed by atoms with van der Waals surface area (Å²) in [6.45, 7) is 0.234. The minimum absolute atomic E-state index is 0.0797. The molecular formula is C31H33BINO9. The average Bonchev–Trinajstić information content (AvgIpc) is 3.25. The summed E-state index contributed by atoms with van der Waals surface area (Å²) in [5.74, 6) is -2.75. The number of methoxy groups -OCH3 is 3. The Kier molecular flexibility index (Phi) is 9.59. The molecule has 43 heavy (non-hydrogen) atoms. The number of fused-ring (bicyclic) bond motifs is 3. The Hall–Kier alpha value is -3.20. The third-order valence-electron chi connectivity index (χ3n) is 8.42. The quantitative estimate of drug-likeness (QED) is 0.134. The Balaban J connectivity index is 1.50. The number of aromatic hydroxyl groups is 1. The maximum Gasteiger partial charge on any atom is 0.455 e. The third-order valence-corrected chi connectivity index (χ3v) is 9.24. The highest BCUT2D eigenvalue weighted by Gasteiger charge is 2.59. The van der Waals surface area contributed by atoms with E-state index >= 15 is 0 Å². The van der Waals surface area contributed by atoms with Gasteiger partial charge in [0.25, 0.3) is 0 Å². The van der Waals surface area contributed by atoms with Crippen LogP contribution >= 0.6 is 22.6 Å². The van der Waals surface area contributed by atoms with Gasteiger partial charge in [0.1, 0.15) is 0 Å². The average molecular weight is 701 g/mol. The Morgan fingerprint density at radius 2 is 1.88 bits per heavy atom. The van der Waals surface area contributed by atoms with Gasteiger partial charge in [-0.2, -0.15) is 4.90 Å². The molecule has 2 saturated heterocycles. The molecule has 2 heterocycles. The van der Waals surface area contributed by atoms with Crippen molar-refractivity contribution < 1.29 is 43.4 Å². The largest absolute Gasteiger partial charge is 0.504 e. The molecule has 0 aromatic heterocycles. The number of halogens is 1. The number of amides is 3. The Labute approximate surface area is 263 Å². The summed E-state index contributed by atoms with van der Waals surface area (Å²) < 4.78 is 22.3. The van der Waals surface area contributed by atoms with Crippen LogP contribution in [0.1, 0.15) is 30.4 Å². The molecule has 226 valence electrons. The molecule has 10 nitrogen and oxygen atoms in total. The van der Waals surface area contributed by atoms with Gasteiger partial charge in [0.15, 0.2) is 11.5 Å². The van der Waals surface area contributed by atoms with E-state index in [1.54, 1.807) is 13.2 Å². The van der Waals surface area contributed by atoms with Gasteiger partial charge in [-0.3, -0.25) is 9.59 Å². The number of hydrogen-bond donors (Lipinski definition) is 2. The van der Waals surface area contributed by atoms with Gasteiger partial charge in [-0.25, -0.2) is 4.79 Å². The molecule has 0 spiro atoms. The Morgan fingerprint density at radius 1 is 1.14 bits per heavy atom. The predicted octanol–water partition coefficient (Wildman–Crippen LogP) is 4.54. The molecule has 4 atom stereocenters. The molecule has 5 rings (SSSR count). The maximum absolute atomic E-state index is 13.4. The molecule has 0 saturated carbocycles. The van der Waals surface area contributed by atoms with E-state index in [9.17, 15) is 24.5 Å². The van der Waals surface area contributed by atoms with Crippen LogP contribution in [0.5, 0.6) is 11.5 Å². The van der Waals surface area contributed by atoms with Crippen molar-refractivity contribution >= 4 is 59.3 Å². The zero-order chi connectivity index (χ0) is 30.8. The van der Waals surface area contributed by atoms with Crippen LogP contribution in [0.3, 0.4) is 0 Å². The summed E-state index contributed by atoms with van der Waals surface area (Å²) in [4.78, 5) is 39.6. The van der Waals surface area contributed by atoms with Crippen molar-refractivity contribution in [2.24, 2.45) is 17.8 Å². The molecule has 3 aliphatic rings. The van der Waals surface area contributed by atoms with Gasteiger partial charge in [0.05, 0.1) is 42.3 Å². The van der Waals surface area contributed by atoms with Gasteiger partial charge in [0.2, 0.25) is 11.8 Å². The first-order valence-electron chi connectivity index (χ1n) is 14.0. The Morgan fingerprint density at radius 3 is 2.56 bits per heavy atom. The fourth-order valence-electron chi connectivity index (χ4n) is 6.61. The van der Waals surface area contributed by atoms with Crippen molar-refractivity contribution in [2.45, 2.75) is 31.7 Å². The standard InChI is InChI=1S/C31H33BINO9/c1-40-16-20-14-21-27(30(37)34(29(21)36)31(38)42-3)22-15-32(39)43-24(26(20)22)10-9-19(18-7-5-4-6-8-18)11-17-12-23(33)28(35)25(13-17)41-2/h4-8,11-13,21-22,24,27,35,39H,9-10,14-16H2,1-3H3/b19-11-/t21-,22+,24-,27-/m1/s1. The van der Waals surface area contributed by atoms with Crippen molar-refractivity contribution in [3.63, 3.8) is 0 Å². The second kappa shape index (κ2) is 13.2. The molecular weight excluding hydrogens is 668 g/mol. The van der Waals surface area contributed by atoms with E-state index in [0.29, 0.717) is 27.1 Å². The van der Waals surface area contributed by atoms with Crippen molar-refractivity contribution in [1.29, 1.82) is 0 Å². The van der Waals surface area contributed by atoms with Gasteiger partial charge in [-0.1, -0.05) is 36.4 Å². The molecule has 2 aromatic rings. The van der Waals surface area contributed by atoms with E-state index in [4.69, 9.17) is 18.9 Å². The van der Waals surface area contributed by atoms with E-state index in [-0.39, 0.29) is 25.1 Å². The highest BCUT2D eigenvalue weighted by molar-refractivity contribution is 14.1. The molecule has 12 heteroatoms. The van der Waals surface area contributed by atoms with Gasteiger partial charge in [-0.05, 0) is 94.1 Å². The lowest BCUT2D eigenvalue weighted by Crippen LogP contribution is -2.46. The normalized spacial score (nSPS) is 23.8. The van der Waals surface area contributed by atoms with E-state index in [1.807, 2.05) is 42.5 Å². The second-order valence-corrected chi connectivity index (χ2v) is 12.0. The van der Waals surface area contributed by atoms with E-state index < -0.39 is 48.9 Å². The lowest BCUT2D eigenvalue weighted by Gasteiger charge is -2.43. The highest BCUT2D eigenvalue weighted by Crippen LogP contribution is 2.51. The zero-order valence-electron chi connectivity index (χ0n) is 24.1. The molecule has 2 N–H and O–H groups in total. The van der Waals surface area contributed by atoms with Gasteiger partial charge < -0.3 is 29.0 Å². The van der Waals surface area contributed by atoms with Gasteiger partial charge in [0, 0.05) is 7.11 Å². The minimum atomic E-state index is -1.15. The number of phenolic OH excluding ortho intramolecular Hbond substituents is 1. The van der Waals surface area contributed by atoms with Crippen molar-refractivity contribution in [1.82, 2.24) is 4.90 Å². The minimum Gasteiger partial charge on any atom is -0.504 e. The maximum atomic E-state index is 13.4. The number of nitrogens with zero attached hydrogens (tertiary/aromatic N) is 1. The molecule has 1 aliphatic carbocycles. The molecule has 2 fully saturated rings. The fraction of sp³-hybridized carbons (Fsp3) is 0.387. The summed E-state index contributed by atoms with van der Waals surface area (Å²) in [5, 5.41) is 21.2. The first-order valence-corrected chi connectivity index (χ1v) is 15.1. The highest BCUT2D eigenvalue weighted by atomic mass is 127. The van der Waals surface area contributed by atoms with Crippen LogP contribution in [0.15, 0.2) is 53.6 Å². The summed E-state index contributed by atoms with van der Waals surface area (Å²) in [6, 6.07) is 13.5. The first kappa shape index (κ1) is 31.2. The first-order chi connectivity index (χ1) is 20.7. The molecule has 0 radical (unpaired) electrons. The predicted molar refractivity (Wildman–Crippen MR) is 167 cm³/mol. The van der Waals surface area contributed by atoms with E-state index in [1.165, 1.54) is 7.11 Å². The van der Waals surface area contributed by atoms with Crippen LogP contribution in [-0.2, 0) is 23.7 Å². The van der Waals surface area contributed by atoms with Crippen LogP contribution in [-0.4, -0.2) is 74.1 Å². The number of hydrogen-bond acceptors (Lipinski definition) is 9. The van der Waals surface area contributed by atoms with E-state index in [2.05, 4.69) is 22.6 Å². The topological polar surface area (TPSA) is 132 Å². The van der Waals surface area contributed by atoms with Gasteiger partial charge in [-0.15, -0.1) is 0 Å². The van der Waals surface area contributed by atoms with Crippen LogP contribution < -0.4 is 4.74 Å². The summed E-state index contributed by atoms with van der Waals surface area (Å²) >= 11 is 2.06. The monoisotopic (exact) mass is 701 g/mol. The van der Waals surface area contributed by atoms with Crippen LogP contribution in [0.2, 0.25) is 6.32 Å². The summed E-state index contributed by atoms with van der Waals surface area (Å²) in [6.07, 6.45) is 1.90. The number of ether oxygens (including phenoxy) is 3. The fourth-order valence-corrected chi connectivity index (χ4v) is 7.24. The molecule has 2 aliphatic heterocycles. The molecule has 0 bridgehead atoms. The van der Waals surface area contributed by atoms with Crippen molar-refractivity contribution in [2.75, 3.05) is 27.9 Å². The number of benzene rings is 2. The SMILES string of the molecule is COCC1=C2[C@@H](CC/C(=C/c3cc(I)c(O)c(OC)c3)c3ccccc3)OB(O)C[C@@H]2[C@@H]2C(=O)N(C(=O)OC)C(=O)[C@@H]2C1. The van der Waals surface area contributed by atoms with Crippen molar-refractivity contribution in [3.05, 3.63) is 68.3 Å². The zero-order valence-corrected chi connectivity index (χ0v) is 26.3. The lowest BCUT2D eigenvalue weighted by molar-refractivity contribution is -0.137. The number of carbonyl (C=O) groups excluding carboxylic acids is 3. The number of rotatable bonds is 8. The molecule has 2 aromatic carbocycles. The van der Waals surface area contributed by atoms with Crippen LogP contribution in [0.4, 0.5) is 4.79 Å². The Bertz CT molecular complexity index is 1480. The van der Waals surface area contributed by atoms with Crippen LogP contribution in [0, 0.1) is 21.3 Å². The third kappa shape index (κ3) is 6.10. The van der Waals surface area contributed by atoms with Gasteiger partial charge >= 0.3 is 13.2 Å². The number of carbonyl (C=O) groups is 3. The van der Waals surface area contributed by atoms with E-state index in [0.717, 1.165) is 35.0 Å². The van der Waals surface area contributed by atoms with Crippen molar-refractivity contribution in [3.8, 4) is 11.5 Å². The lowest BCUT2D eigenvalue weighted by atomic mass is 9.58. The molecule has 0 unspecified atom stereocenters. The second-order valence-electron chi connectivity index (χ2n) is 10.9. The summed E-state index contributed by atoms with van der Waals surface area (Å²) in [7, 11) is 3.05. The number of phenols is 1. The number of allylic oxidation sites excluding steroid dienone is 1. The summed E-state index contributed by atoms with van der Waals surface area (Å²) in [5.41, 5.74) is 4.54. The number of imide groups is 3. The molecule has 3 amide bonds. The number of likely N-dealkylation sites (tertiary alicyclic amines) is 1.